The van der Waals surface area contributed by atoms with Crippen molar-refractivity contribution >= 4 is 21.6 Å². The molecular weight excluding hydrogens is 448 g/mol. The highest BCUT2D eigenvalue weighted by atomic mass is 32.2. The molecule has 0 saturated carbocycles. The first kappa shape index (κ1) is 24.9. The number of hydrogen-bond acceptors (Lipinski definition) is 5. The molecule has 2 aliphatic rings. The van der Waals surface area contributed by atoms with Crippen molar-refractivity contribution in [2.75, 3.05) is 51.1 Å². The van der Waals surface area contributed by atoms with E-state index in [9.17, 15) is 13.2 Å². The molecule has 2 aromatic carbocycles. The number of benzene rings is 2. The zero-order valence-corrected chi connectivity index (χ0v) is 21.1. The summed E-state index contributed by atoms with van der Waals surface area (Å²) in [4.78, 5) is 17.6. The molecule has 0 aromatic heterocycles. The van der Waals surface area contributed by atoms with E-state index in [1.807, 2.05) is 6.92 Å². The number of sulfonamides is 1. The van der Waals surface area contributed by atoms with Gasteiger partial charge >= 0.3 is 0 Å². The molecule has 1 N–H and O–H groups in total. The van der Waals surface area contributed by atoms with Crippen molar-refractivity contribution in [1.82, 2.24) is 14.1 Å². The van der Waals surface area contributed by atoms with Gasteiger partial charge in [0.25, 0.3) is 0 Å². The maximum absolute atomic E-state index is 13.0. The van der Waals surface area contributed by atoms with Crippen molar-refractivity contribution in [3.63, 3.8) is 0 Å². The minimum Gasteiger partial charge on any atom is -0.325 e. The third-order valence-electron chi connectivity index (χ3n) is 6.92. The lowest BCUT2D eigenvalue weighted by Crippen LogP contribution is -2.48. The molecule has 34 heavy (non-hydrogen) atoms. The molecule has 0 spiro atoms. The predicted octanol–water partition coefficient (Wildman–Crippen LogP) is 3.23. The first-order valence-corrected chi connectivity index (χ1v) is 13.7. The monoisotopic (exact) mass is 484 g/mol. The lowest BCUT2D eigenvalue weighted by Gasteiger charge is -2.34. The van der Waals surface area contributed by atoms with Crippen LogP contribution in [0.4, 0.5) is 5.69 Å². The number of carbonyl (C=O) groups excluding carboxylic acids is 1. The van der Waals surface area contributed by atoms with Crippen LogP contribution in [-0.4, -0.2) is 74.2 Å². The Kier molecular flexibility index (Phi) is 8.03. The fraction of sp³-hybridized carbons (Fsp3) is 0.500. The zero-order chi connectivity index (χ0) is 24.1. The first-order valence-electron chi connectivity index (χ1n) is 12.2. The van der Waals surface area contributed by atoms with Gasteiger partial charge in [-0.15, -0.1) is 0 Å². The van der Waals surface area contributed by atoms with Crippen molar-refractivity contribution in [2.45, 2.75) is 44.6 Å². The molecule has 1 amide bonds. The van der Waals surface area contributed by atoms with Crippen LogP contribution in [0.3, 0.4) is 0 Å². The molecule has 4 rings (SSSR count). The molecule has 2 saturated heterocycles. The molecule has 2 heterocycles. The molecule has 0 atom stereocenters. The van der Waals surface area contributed by atoms with Crippen LogP contribution in [0, 0.1) is 13.8 Å². The van der Waals surface area contributed by atoms with Gasteiger partial charge in [0.15, 0.2) is 0 Å². The standard InChI is InChI=1S/C26H36N4O3S/c1-21-8-4-5-9-23(21)19-28-14-16-29(17-15-28)20-26(31)27-25-18-24(11-10-22(25)2)34(32,33)30-12-6-3-7-13-30/h4-5,8-11,18H,3,6-7,12-17,19-20H2,1-2H3,(H,27,31). The van der Waals surface area contributed by atoms with Gasteiger partial charge in [-0.3, -0.25) is 14.6 Å². The average molecular weight is 485 g/mol. The summed E-state index contributed by atoms with van der Waals surface area (Å²) in [7, 11) is -3.53. The van der Waals surface area contributed by atoms with Gasteiger partial charge in [-0.2, -0.15) is 4.31 Å². The van der Waals surface area contributed by atoms with Gasteiger partial charge < -0.3 is 5.32 Å². The van der Waals surface area contributed by atoms with Gasteiger partial charge in [-0.05, 0) is 55.5 Å². The molecule has 0 aliphatic carbocycles. The molecule has 2 aromatic rings. The first-order chi connectivity index (χ1) is 16.3. The zero-order valence-electron chi connectivity index (χ0n) is 20.3. The number of amides is 1. The van der Waals surface area contributed by atoms with E-state index in [1.54, 1.807) is 22.5 Å². The molecule has 0 unspecified atom stereocenters. The summed E-state index contributed by atoms with van der Waals surface area (Å²) >= 11 is 0. The van der Waals surface area contributed by atoms with E-state index in [0.29, 0.717) is 25.3 Å². The summed E-state index contributed by atoms with van der Waals surface area (Å²) in [5.41, 5.74) is 4.09. The summed E-state index contributed by atoms with van der Waals surface area (Å²) in [5, 5.41) is 2.95. The average Bonchev–Trinajstić information content (AvgIpc) is 2.83. The summed E-state index contributed by atoms with van der Waals surface area (Å²) < 4.78 is 27.6. The van der Waals surface area contributed by atoms with Crippen LogP contribution in [0.1, 0.15) is 36.0 Å². The van der Waals surface area contributed by atoms with E-state index < -0.39 is 10.0 Å². The number of nitrogens with one attached hydrogen (secondary N) is 1. The molecule has 7 nitrogen and oxygen atoms in total. The lowest BCUT2D eigenvalue weighted by molar-refractivity contribution is -0.117. The number of aryl methyl sites for hydroxylation is 2. The van der Waals surface area contributed by atoms with E-state index >= 15 is 0 Å². The van der Waals surface area contributed by atoms with Crippen molar-refractivity contribution in [2.24, 2.45) is 0 Å². The van der Waals surface area contributed by atoms with Crippen molar-refractivity contribution < 1.29 is 13.2 Å². The molecule has 2 aliphatic heterocycles. The van der Waals surface area contributed by atoms with Crippen molar-refractivity contribution in [3.05, 3.63) is 59.2 Å². The summed E-state index contributed by atoms with van der Waals surface area (Å²) in [5.74, 6) is -0.108. The smallest absolute Gasteiger partial charge is 0.243 e. The predicted molar refractivity (Wildman–Crippen MR) is 135 cm³/mol. The molecule has 2 fully saturated rings. The highest BCUT2D eigenvalue weighted by Gasteiger charge is 2.27. The van der Waals surface area contributed by atoms with E-state index in [4.69, 9.17) is 0 Å². The Labute approximate surface area is 203 Å². The summed E-state index contributed by atoms with van der Waals surface area (Å²) in [6, 6.07) is 13.5. The van der Waals surface area contributed by atoms with Crippen molar-refractivity contribution in [1.29, 1.82) is 0 Å². The van der Waals surface area contributed by atoms with Crippen LogP contribution in [0.2, 0.25) is 0 Å². The normalized spacial score (nSPS) is 18.6. The van der Waals surface area contributed by atoms with Gasteiger partial charge in [-0.25, -0.2) is 8.42 Å². The Balaban J connectivity index is 1.32. The third-order valence-corrected chi connectivity index (χ3v) is 8.82. The quantitative estimate of drug-likeness (QED) is 0.653. The highest BCUT2D eigenvalue weighted by Crippen LogP contribution is 2.25. The second-order valence-electron chi connectivity index (χ2n) is 9.47. The van der Waals surface area contributed by atoms with Crippen LogP contribution < -0.4 is 5.32 Å². The minimum atomic E-state index is -3.53. The molecule has 0 radical (unpaired) electrons. The van der Waals surface area contributed by atoms with E-state index in [0.717, 1.165) is 57.5 Å². The number of rotatable bonds is 7. The van der Waals surface area contributed by atoms with Crippen LogP contribution in [-0.2, 0) is 21.4 Å². The number of piperazine rings is 1. The van der Waals surface area contributed by atoms with Gasteiger partial charge in [-0.1, -0.05) is 36.8 Å². The molecule has 8 heteroatoms. The van der Waals surface area contributed by atoms with Crippen LogP contribution >= 0.6 is 0 Å². The number of hydrogen-bond donors (Lipinski definition) is 1. The molecule has 184 valence electrons. The fourth-order valence-electron chi connectivity index (χ4n) is 4.68. The minimum absolute atomic E-state index is 0.108. The van der Waals surface area contributed by atoms with E-state index in [-0.39, 0.29) is 10.8 Å². The second-order valence-corrected chi connectivity index (χ2v) is 11.4. The molecule has 0 bridgehead atoms. The maximum atomic E-state index is 13.0. The van der Waals surface area contributed by atoms with Gasteiger partial charge in [0.1, 0.15) is 0 Å². The van der Waals surface area contributed by atoms with Gasteiger partial charge in [0.2, 0.25) is 15.9 Å². The largest absolute Gasteiger partial charge is 0.325 e. The Morgan fingerprint density at radius 1 is 0.853 bits per heavy atom. The molecular formula is C26H36N4O3S. The van der Waals surface area contributed by atoms with Crippen molar-refractivity contribution in [3.8, 4) is 0 Å². The van der Waals surface area contributed by atoms with Crippen LogP contribution in [0.5, 0.6) is 0 Å². The summed E-state index contributed by atoms with van der Waals surface area (Å²) in [6.07, 6.45) is 2.86. The Hall–Kier alpha value is -2.26. The second kappa shape index (κ2) is 11.0. The maximum Gasteiger partial charge on any atom is 0.243 e. The number of anilines is 1. The topological polar surface area (TPSA) is 73.0 Å². The van der Waals surface area contributed by atoms with E-state index in [2.05, 4.69) is 46.3 Å². The van der Waals surface area contributed by atoms with E-state index in [1.165, 1.54) is 11.1 Å². The fourth-order valence-corrected chi connectivity index (χ4v) is 6.22. The van der Waals surface area contributed by atoms with Crippen LogP contribution in [0.25, 0.3) is 0 Å². The Morgan fingerprint density at radius 2 is 1.53 bits per heavy atom. The third kappa shape index (κ3) is 6.05. The lowest BCUT2D eigenvalue weighted by atomic mass is 10.1. The van der Waals surface area contributed by atoms with Crippen LogP contribution in [0.15, 0.2) is 47.4 Å². The number of nitrogens with zero attached hydrogens (tertiary/aromatic N) is 3. The highest BCUT2D eigenvalue weighted by molar-refractivity contribution is 7.89. The number of piperidine rings is 1. The van der Waals surface area contributed by atoms with Gasteiger partial charge in [0.05, 0.1) is 11.4 Å². The SMILES string of the molecule is Cc1ccccc1CN1CCN(CC(=O)Nc2cc(S(=O)(=O)N3CCCCC3)ccc2C)CC1. The number of carbonyl (C=O) groups is 1. The Bertz CT molecular complexity index is 1100. The van der Waals surface area contributed by atoms with Gasteiger partial charge in [0, 0.05) is 51.5 Å². The summed E-state index contributed by atoms with van der Waals surface area (Å²) in [6.45, 7) is 9.91. The Morgan fingerprint density at radius 3 is 2.24 bits per heavy atom.